The van der Waals surface area contributed by atoms with Crippen molar-refractivity contribution in [3.8, 4) is 0 Å². The summed E-state index contributed by atoms with van der Waals surface area (Å²) in [5, 5.41) is 5.31. The Morgan fingerprint density at radius 2 is 1.41 bits per heavy atom. The lowest BCUT2D eigenvalue weighted by molar-refractivity contribution is 1.25. The molecule has 0 aliphatic rings. The van der Waals surface area contributed by atoms with Crippen LogP contribution in [-0.4, -0.2) is 17.0 Å². The number of rotatable bonds is 1. The highest BCUT2D eigenvalue weighted by molar-refractivity contribution is 6.03. The Kier molecular flexibility index (Phi) is 2.18. The number of pyridine rings is 2. The predicted molar refractivity (Wildman–Crippen MR) is 71.3 cm³/mol. The lowest BCUT2D eigenvalue weighted by Gasteiger charge is -2.05. The third-order valence-corrected chi connectivity index (χ3v) is 2.92. The molecule has 3 rings (SSSR count). The summed E-state index contributed by atoms with van der Waals surface area (Å²) in [7, 11) is 1.87. The first-order chi connectivity index (χ1) is 8.28. The molecule has 0 saturated heterocycles. The summed E-state index contributed by atoms with van der Waals surface area (Å²) >= 11 is 0. The van der Waals surface area contributed by atoms with E-state index in [9.17, 15) is 0 Å². The van der Waals surface area contributed by atoms with Gasteiger partial charge in [0.2, 0.25) is 0 Å². The molecular formula is C14H13N3. The summed E-state index contributed by atoms with van der Waals surface area (Å²) in [6.45, 7) is 2.00. The van der Waals surface area contributed by atoms with Gasteiger partial charge in [0, 0.05) is 23.5 Å². The molecule has 3 heteroatoms. The number of hydrogen-bond donors (Lipinski definition) is 1. The van der Waals surface area contributed by atoms with Crippen molar-refractivity contribution in [1.82, 2.24) is 9.97 Å². The first-order valence-electron chi connectivity index (χ1n) is 5.63. The van der Waals surface area contributed by atoms with Crippen LogP contribution in [0.1, 0.15) is 5.69 Å². The zero-order valence-corrected chi connectivity index (χ0v) is 9.86. The van der Waals surface area contributed by atoms with Crippen LogP contribution in [0.2, 0.25) is 0 Å². The quantitative estimate of drug-likeness (QED) is 0.644. The molecule has 0 bridgehead atoms. The molecule has 0 atom stereocenters. The number of nitrogens with zero attached hydrogens (tertiary/aromatic N) is 2. The Hall–Kier alpha value is -2.16. The standard InChI is InChI=1S/C14H13N3/c1-9-3-4-10-5-6-11-7-8-12(15-2)17-14(11)13(10)16-9/h3-8H,1-2H3,(H,15,17). The van der Waals surface area contributed by atoms with Gasteiger partial charge in [-0.1, -0.05) is 18.2 Å². The first-order valence-corrected chi connectivity index (χ1v) is 5.63. The second-order valence-electron chi connectivity index (χ2n) is 4.11. The SMILES string of the molecule is CNc1ccc2ccc3ccc(C)nc3c2n1. The lowest BCUT2D eigenvalue weighted by atomic mass is 10.1. The molecule has 3 nitrogen and oxygen atoms in total. The van der Waals surface area contributed by atoms with E-state index < -0.39 is 0 Å². The molecule has 0 radical (unpaired) electrons. The maximum atomic E-state index is 4.59. The van der Waals surface area contributed by atoms with Crippen molar-refractivity contribution in [3.05, 3.63) is 42.1 Å². The average Bonchev–Trinajstić information content (AvgIpc) is 2.38. The molecular weight excluding hydrogens is 210 g/mol. The van der Waals surface area contributed by atoms with Crippen molar-refractivity contribution in [2.45, 2.75) is 6.92 Å². The molecule has 0 spiro atoms. The predicted octanol–water partition coefficient (Wildman–Crippen LogP) is 3.13. The number of aromatic nitrogens is 2. The number of benzene rings is 1. The highest BCUT2D eigenvalue weighted by Gasteiger charge is 2.04. The molecule has 0 aliphatic heterocycles. The summed E-state index contributed by atoms with van der Waals surface area (Å²) in [5.74, 6) is 0.869. The van der Waals surface area contributed by atoms with E-state index in [1.54, 1.807) is 0 Å². The van der Waals surface area contributed by atoms with Crippen LogP contribution in [-0.2, 0) is 0 Å². The van der Waals surface area contributed by atoms with E-state index in [1.807, 2.05) is 26.1 Å². The molecule has 1 aromatic carbocycles. The Balaban J connectivity index is 2.47. The van der Waals surface area contributed by atoms with Crippen molar-refractivity contribution in [3.63, 3.8) is 0 Å². The summed E-state index contributed by atoms with van der Waals surface area (Å²) in [4.78, 5) is 9.18. The van der Waals surface area contributed by atoms with Crippen LogP contribution in [0.25, 0.3) is 21.8 Å². The van der Waals surface area contributed by atoms with E-state index in [0.29, 0.717) is 0 Å². The maximum Gasteiger partial charge on any atom is 0.126 e. The fourth-order valence-corrected chi connectivity index (χ4v) is 2.00. The average molecular weight is 223 g/mol. The van der Waals surface area contributed by atoms with Crippen molar-refractivity contribution < 1.29 is 0 Å². The van der Waals surface area contributed by atoms with Gasteiger partial charge in [-0.2, -0.15) is 0 Å². The van der Waals surface area contributed by atoms with Gasteiger partial charge in [0.25, 0.3) is 0 Å². The van der Waals surface area contributed by atoms with Crippen molar-refractivity contribution in [2.75, 3.05) is 12.4 Å². The Morgan fingerprint density at radius 1 is 0.824 bits per heavy atom. The smallest absolute Gasteiger partial charge is 0.126 e. The van der Waals surface area contributed by atoms with Crippen LogP contribution in [0.15, 0.2) is 36.4 Å². The zero-order chi connectivity index (χ0) is 11.8. The maximum absolute atomic E-state index is 4.59. The molecule has 0 saturated carbocycles. The van der Waals surface area contributed by atoms with E-state index in [1.165, 1.54) is 0 Å². The van der Waals surface area contributed by atoms with Crippen LogP contribution in [0, 0.1) is 6.92 Å². The number of anilines is 1. The first kappa shape index (κ1) is 10.0. The number of aryl methyl sites for hydroxylation is 1. The summed E-state index contributed by atoms with van der Waals surface area (Å²) < 4.78 is 0. The van der Waals surface area contributed by atoms with Crippen molar-refractivity contribution >= 4 is 27.6 Å². The number of fused-ring (bicyclic) bond motifs is 3. The van der Waals surface area contributed by atoms with Crippen LogP contribution >= 0.6 is 0 Å². The van der Waals surface area contributed by atoms with Gasteiger partial charge in [0.1, 0.15) is 5.82 Å². The van der Waals surface area contributed by atoms with Crippen LogP contribution < -0.4 is 5.32 Å². The van der Waals surface area contributed by atoms with Crippen LogP contribution in [0.4, 0.5) is 5.82 Å². The summed E-state index contributed by atoms with van der Waals surface area (Å²) in [5.41, 5.74) is 2.94. The lowest BCUT2D eigenvalue weighted by Crippen LogP contribution is -1.93. The molecule has 17 heavy (non-hydrogen) atoms. The van der Waals surface area contributed by atoms with E-state index in [-0.39, 0.29) is 0 Å². The minimum Gasteiger partial charge on any atom is -0.373 e. The Morgan fingerprint density at radius 3 is 2.12 bits per heavy atom. The normalized spacial score (nSPS) is 10.9. The van der Waals surface area contributed by atoms with E-state index in [4.69, 9.17) is 0 Å². The topological polar surface area (TPSA) is 37.8 Å². The Labute approximate surface area is 99.5 Å². The van der Waals surface area contributed by atoms with Crippen molar-refractivity contribution in [2.24, 2.45) is 0 Å². The van der Waals surface area contributed by atoms with Gasteiger partial charge >= 0.3 is 0 Å². The third-order valence-electron chi connectivity index (χ3n) is 2.92. The minimum atomic E-state index is 0.869. The Bertz CT molecular complexity index is 704. The highest BCUT2D eigenvalue weighted by Crippen LogP contribution is 2.23. The highest BCUT2D eigenvalue weighted by atomic mass is 15.0. The van der Waals surface area contributed by atoms with E-state index >= 15 is 0 Å². The molecule has 3 aromatic rings. The molecule has 2 heterocycles. The summed E-state index contributed by atoms with van der Waals surface area (Å²) in [6.07, 6.45) is 0. The molecule has 84 valence electrons. The fourth-order valence-electron chi connectivity index (χ4n) is 2.00. The second kappa shape index (κ2) is 3.70. The monoisotopic (exact) mass is 223 g/mol. The zero-order valence-electron chi connectivity index (χ0n) is 9.86. The van der Waals surface area contributed by atoms with Gasteiger partial charge in [-0.3, -0.25) is 4.98 Å². The molecule has 0 fully saturated rings. The minimum absolute atomic E-state index is 0.869. The summed E-state index contributed by atoms with van der Waals surface area (Å²) in [6, 6.07) is 12.3. The van der Waals surface area contributed by atoms with Crippen LogP contribution in [0.5, 0.6) is 0 Å². The van der Waals surface area contributed by atoms with E-state index in [2.05, 4.69) is 39.6 Å². The number of hydrogen-bond acceptors (Lipinski definition) is 3. The second-order valence-corrected chi connectivity index (χ2v) is 4.11. The number of nitrogens with one attached hydrogen (secondary N) is 1. The van der Waals surface area contributed by atoms with Gasteiger partial charge in [-0.25, -0.2) is 4.98 Å². The van der Waals surface area contributed by atoms with Gasteiger partial charge in [0.05, 0.1) is 11.0 Å². The van der Waals surface area contributed by atoms with Gasteiger partial charge in [-0.05, 0) is 25.1 Å². The molecule has 0 amide bonds. The largest absolute Gasteiger partial charge is 0.373 e. The fraction of sp³-hybridized carbons (Fsp3) is 0.143. The molecule has 2 aromatic heterocycles. The van der Waals surface area contributed by atoms with Gasteiger partial charge in [-0.15, -0.1) is 0 Å². The van der Waals surface area contributed by atoms with Crippen LogP contribution in [0.3, 0.4) is 0 Å². The molecule has 1 N–H and O–H groups in total. The third kappa shape index (κ3) is 1.60. The van der Waals surface area contributed by atoms with Gasteiger partial charge in [0.15, 0.2) is 0 Å². The molecule has 0 aliphatic carbocycles. The molecule has 0 unspecified atom stereocenters. The van der Waals surface area contributed by atoms with Gasteiger partial charge < -0.3 is 5.32 Å². The van der Waals surface area contributed by atoms with Crippen molar-refractivity contribution in [1.29, 1.82) is 0 Å². The van der Waals surface area contributed by atoms with E-state index in [0.717, 1.165) is 33.3 Å².